The standard InChI is InChI=1S/C4H6Cl4OS/c5-1-2-10(9)4(7,8)3-6/h1-3H2. The Morgan fingerprint density at radius 2 is 1.80 bits per heavy atom. The van der Waals surface area contributed by atoms with Crippen LogP contribution in [0.1, 0.15) is 0 Å². The van der Waals surface area contributed by atoms with Gasteiger partial charge in [-0.3, -0.25) is 0 Å². The molecule has 0 radical (unpaired) electrons. The lowest BCUT2D eigenvalue weighted by atomic mass is 10.9. The maximum atomic E-state index is 11.0. The molecule has 62 valence electrons. The van der Waals surface area contributed by atoms with Crippen molar-refractivity contribution in [2.75, 3.05) is 17.5 Å². The van der Waals surface area contributed by atoms with Gasteiger partial charge < -0.3 is 4.55 Å². The zero-order chi connectivity index (χ0) is 8.20. The van der Waals surface area contributed by atoms with E-state index in [1.807, 2.05) is 0 Å². The first kappa shape index (κ1) is 11.5. The first-order chi connectivity index (χ1) is 4.54. The van der Waals surface area contributed by atoms with E-state index < -0.39 is 14.8 Å². The van der Waals surface area contributed by atoms with Crippen LogP contribution in [-0.4, -0.2) is 25.7 Å². The molecular weight excluding hydrogens is 238 g/mol. The van der Waals surface area contributed by atoms with Gasteiger partial charge in [-0.25, -0.2) is 0 Å². The molecule has 0 rings (SSSR count). The summed E-state index contributed by atoms with van der Waals surface area (Å²) in [5.74, 6) is 0.478. The highest BCUT2D eigenvalue weighted by molar-refractivity contribution is 7.95. The highest BCUT2D eigenvalue weighted by Gasteiger charge is 2.36. The Kier molecular flexibility index (Phi) is 5.94. The van der Waals surface area contributed by atoms with Crippen molar-refractivity contribution >= 4 is 57.6 Å². The quantitative estimate of drug-likeness (QED) is 0.549. The predicted molar refractivity (Wildman–Crippen MR) is 48.9 cm³/mol. The number of hydrogen-bond acceptors (Lipinski definition) is 1. The Morgan fingerprint density at radius 1 is 1.30 bits per heavy atom. The normalized spacial score (nSPS) is 15.3. The van der Waals surface area contributed by atoms with Gasteiger partial charge in [0.05, 0.1) is 5.88 Å². The summed E-state index contributed by atoms with van der Waals surface area (Å²) < 4.78 is 9.62. The van der Waals surface area contributed by atoms with E-state index in [4.69, 9.17) is 46.4 Å². The van der Waals surface area contributed by atoms with E-state index in [0.717, 1.165) is 0 Å². The van der Waals surface area contributed by atoms with Gasteiger partial charge in [0.1, 0.15) is 11.6 Å². The summed E-state index contributed by atoms with van der Waals surface area (Å²) in [6.07, 6.45) is 0. The summed E-state index contributed by atoms with van der Waals surface area (Å²) >= 11 is 20.3. The van der Waals surface area contributed by atoms with E-state index in [0.29, 0.717) is 0 Å². The minimum absolute atomic E-state index is 0.0559. The van der Waals surface area contributed by atoms with Crippen molar-refractivity contribution in [2.45, 2.75) is 3.67 Å². The van der Waals surface area contributed by atoms with E-state index in [9.17, 15) is 4.55 Å². The van der Waals surface area contributed by atoms with Crippen LogP contribution in [0.4, 0.5) is 0 Å². The fourth-order valence-corrected chi connectivity index (χ4v) is 2.09. The Bertz CT molecular complexity index is 99.3. The lowest BCUT2D eigenvalue weighted by Crippen LogP contribution is -2.31. The molecule has 1 unspecified atom stereocenters. The first-order valence-corrected chi connectivity index (χ1v) is 5.57. The van der Waals surface area contributed by atoms with Gasteiger partial charge in [0.15, 0.2) is 0 Å². The highest BCUT2D eigenvalue weighted by Crippen LogP contribution is 2.30. The molecule has 0 N–H and O–H groups in total. The van der Waals surface area contributed by atoms with Gasteiger partial charge >= 0.3 is 0 Å². The number of alkyl halides is 4. The number of hydrogen-bond donors (Lipinski definition) is 0. The highest BCUT2D eigenvalue weighted by atomic mass is 35.5. The molecule has 0 heterocycles. The Morgan fingerprint density at radius 3 is 2.10 bits per heavy atom. The smallest absolute Gasteiger partial charge is 0.286 e. The van der Waals surface area contributed by atoms with Crippen LogP contribution in [0.2, 0.25) is 0 Å². The second kappa shape index (κ2) is 5.18. The fourth-order valence-electron chi connectivity index (χ4n) is 0.280. The van der Waals surface area contributed by atoms with Crippen molar-refractivity contribution in [3.05, 3.63) is 0 Å². The lowest BCUT2D eigenvalue weighted by Gasteiger charge is -2.20. The first-order valence-electron chi connectivity index (χ1n) is 2.43. The third kappa shape index (κ3) is 3.74. The molecule has 0 aliphatic heterocycles. The van der Waals surface area contributed by atoms with E-state index >= 15 is 0 Å². The topological polar surface area (TPSA) is 23.1 Å². The third-order valence-electron chi connectivity index (χ3n) is 0.751. The van der Waals surface area contributed by atoms with E-state index in [1.54, 1.807) is 0 Å². The van der Waals surface area contributed by atoms with Crippen LogP contribution in [-0.2, 0) is 11.2 Å². The zero-order valence-corrected chi connectivity index (χ0v) is 8.79. The molecule has 1 atom stereocenters. The minimum Gasteiger partial charge on any atom is -0.614 e. The van der Waals surface area contributed by atoms with Gasteiger partial charge in [0.25, 0.3) is 3.67 Å². The molecular formula is C4H6Cl4OS. The van der Waals surface area contributed by atoms with Crippen molar-refractivity contribution in [1.82, 2.24) is 0 Å². The van der Waals surface area contributed by atoms with Crippen LogP contribution in [0.15, 0.2) is 0 Å². The van der Waals surface area contributed by atoms with Crippen molar-refractivity contribution in [3.63, 3.8) is 0 Å². The molecule has 0 saturated carbocycles. The average Bonchev–Trinajstić information content (AvgIpc) is 1.89. The summed E-state index contributed by atoms with van der Waals surface area (Å²) in [7, 11) is 0. The molecule has 0 aliphatic carbocycles. The van der Waals surface area contributed by atoms with Crippen molar-refractivity contribution in [3.8, 4) is 0 Å². The Hall–Kier alpha value is 1.47. The summed E-state index contributed by atoms with van der Waals surface area (Å²) in [4.78, 5) is 0. The second-order valence-corrected chi connectivity index (χ2v) is 5.88. The van der Waals surface area contributed by atoms with E-state index in [-0.39, 0.29) is 17.5 Å². The summed E-state index contributed by atoms with van der Waals surface area (Å²) in [5.41, 5.74) is 0. The van der Waals surface area contributed by atoms with Crippen LogP contribution in [0.25, 0.3) is 0 Å². The minimum atomic E-state index is -1.36. The van der Waals surface area contributed by atoms with Crippen molar-refractivity contribution < 1.29 is 4.55 Å². The van der Waals surface area contributed by atoms with E-state index in [1.165, 1.54) is 0 Å². The van der Waals surface area contributed by atoms with Crippen LogP contribution in [0, 0.1) is 0 Å². The molecule has 0 amide bonds. The molecule has 0 spiro atoms. The summed E-state index contributed by atoms with van der Waals surface area (Å²) in [5, 5.41) is 0. The van der Waals surface area contributed by atoms with Gasteiger partial charge in [-0.1, -0.05) is 0 Å². The molecule has 1 nitrogen and oxygen atoms in total. The van der Waals surface area contributed by atoms with Crippen molar-refractivity contribution in [1.29, 1.82) is 0 Å². The molecule has 0 aromatic rings. The SMILES string of the molecule is [O-][S+](CCCl)C(Cl)(Cl)CCl. The molecule has 10 heavy (non-hydrogen) atoms. The molecule has 0 bridgehead atoms. The molecule has 0 saturated heterocycles. The largest absolute Gasteiger partial charge is 0.614 e. The Balaban J connectivity index is 3.78. The number of rotatable bonds is 4. The fraction of sp³-hybridized carbons (Fsp3) is 1.00. The molecule has 6 heteroatoms. The van der Waals surface area contributed by atoms with Gasteiger partial charge in [0.2, 0.25) is 0 Å². The van der Waals surface area contributed by atoms with Gasteiger partial charge in [-0.2, -0.15) is 0 Å². The predicted octanol–water partition coefficient (Wildman–Crippen LogP) is 2.34. The molecule has 0 aliphatic rings. The summed E-state index contributed by atoms with van der Waals surface area (Å²) in [6, 6.07) is 0. The van der Waals surface area contributed by atoms with Crippen molar-refractivity contribution in [2.24, 2.45) is 0 Å². The third-order valence-corrected chi connectivity index (χ3v) is 4.68. The number of halogens is 4. The van der Waals surface area contributed by atoms with Crippen LogP contribution < -0.4 is 0 Å². The van der Waals surface area contributed by atoms with E-state index in [2.05, 4.69) is 0 Å². The van der Waals surface area contributed by atoms with Crippen LogP contribution >= 0.6 is 46.4 Å². The molecule has 0 aromatic carbocycles. The van der Waals surface area contributed by atoms with Gasteiger partial charge in [0, 0.05) is 0 Å². The maximum Gasteiger partial charge on any atom is 0.286 e. The Labute approximate surface area is 83.1 Å². The average molecular weight is 244 g/mol. The van der Waals surface area contributed by atoms with Crippen LogP contribution in [0.3, 0.4) is 0 Å². The summed E-state index contributed by atoms with van der Waals surface area (Å²) in [6.45, 7) is 0. The molecule has 0 aromatic heterocycles. The maximum absolute atomic E-state index is 11.0. The zero-order valence-electron chi connectivity index (χ0n) is 4.95. The lowest BCUT2D eigenvalue weighted by molar-refractivity contribution is 0.591. The van der Waals surface area contributed by atoms with Gasteiger partial charge in [-0.15, -0.1) is 23.2 Å². The monoisotopic (exact) mass is 242 g/mol. The second-order valence-electron chi connectivity index (χ2n) is 1.51. The molecule has 0 fully saturated rings. The van der Waals surface area contributed by atoms with Gasteiger partial charge in [-0.05, 0) is 34.4 Å². The van der Waals surface area contributed by atoms with Crippen LogP contribution in [0.5, 0.6) is 0 Å².